The van der Waals surface area contributed by atoms with Gasteiger partial charge in [-0.1, -0.05) is 63.4 Å². The van der Waals surface area contributed by atoms with E-state index in [0.717, 1.165) is 32.1 Å². The summed E-state index contributed by atoms with van der Waals surface area (Å²) in [5.74, 6) is -8.75. The van der Waals surface area contributed by atoms with Crippen LogP contribution in [0.5, 0.6) is 0 Å². The Balaban J connectivity index is 2.07. The molecule has 0 bridgehead atoms. The summed E-state index contributed by atoms with van der Waals surface area (Å²) in [5.41, 5.74) is 24.2. The molecule has 2 aliphatic rings. The van der Waals surface area contributed by atoms with Gasteiger partial charge < -0.3 is 86.3 Å². The highest BCUT2D eigenvalue weighted by atomic mass is 16.3. The van der Waals surface area contributed by atoms with Gasteiger partial charge in [-0.15, -0.1) is 0 Å². The number of nitrogens with two attached hydrogens (primary N) is 4. The van der Waals surface area contributed by atoms with Crippen LogP contribution in [-0.2, 0) is 54.4 Å². The van der Waals surface area contributed by atoms with Crippen LogP contribution in [0, 0.1) is 11.8 Å². The van der Waals surface area contributed by atoms with Crippen molar-refractivity contribution in [2.45, 2.75) is 171 Å². The second-order valence-electron chi connectivity index (χ2n) is 20.0. The molecule has 26 heteroatoms. The number of rotatable bonds is 20. The molecule has 0 aromatic heterocycles. The molecule has 1 heterocycles. The van der Waals surface area contributed by atoms with Gasteiger partial charge in [-0.3, -0.25) is 47.9 Å². The minimum Gasteiger partial charge on any atom is -0.391 e. The maximum Gasteiger partial charge on any atom is 0.245 e. The summed E-state index contributed by atoms with van der Waals surface area (Å²) in [7, 11) is 0. The quantitative estimate of drug-likeness (QED) is 0.0581. The van der Waals surface area contributed by atoms with Gasteiger partial charge in [-0.2, -0.15) is 0 Å². The number of hydrogen-bond acceptors (Lipinski definition) is 16. The van der Waals surface area contributed by atoms with E-state index in [-0.39, 0.29) is 70.0 Å². The average Bonchev–Trinajstić information content (AvgIpc) is 3.37. The average molecular weight is 1070 g/mol. The van der Waals surface area contributed by atoms with Crippen LogP contribution in [0.15, 0.2) is 30.3 Å². The molecule has 1 aliphatic carbocycles. The van der Waals surface area contributed by atoms with Gasteiger partial charge in [0.2, 0.25) is 59.1 Å². The molecule has 426 valence electrons. The van der Waals surface area contributed by atoms with E-state index < -0.39 is 145 Å². The Morgan fingerprint density at radius 1 is 0.605 bits per heavy atom. The number of aliphatic hydroxyl groups excluding tert-OH is 2. The number of carbonyl (C=O) groups is 10. The summed E-state index contributed by atoms with van der Waals surface area (Å²) >= 11 is 0. The Labute approximate surface area is 444 Å². The Morgan fingerprint density at radius 3 is 1.62 bits per heavy atom. The normalized spacial score (nSPS) is 24.9. The fourth-order valence-electron chi connectivity index (χ4n) is 8.86. The smallest absolute Gasteiger partial charge is 0.245 e. The van der Waals surface area contributed by atoms with Crippen molar-refractivity contribution in [3.05, 3.63) is 35.9 Å². The van der Waals surface area contributed by atoms with Gasteiger partial charge in [0.15, 0.2) is 0 Å². The maximum absolute atomic E-state index is 14.4. The van der Waals surface area contributed by atoms with Crippen molar-refractivity contribution in [1.29, 1.82) is 0 Å². The first-order valence-corrected chi connectivity index (χ1v) is 26.3. The van der Waals surface area contributed by atoms with E-state index in [1.807, 2.05) is 0 Å². The molecule has 1 aromatic rings. The van der Waals surface area contributed by atoms with Crippen molar-refractivity contribution in [3.8, 4) is 0 Å². The van der Waals surface area contributed by atoms with Crippen LogP contribution < -0.4 is 76.1 Å². The summed E-state index contributed by atoms with van der Waals surface area (Å²) in [6, 6.07) is -4.57. The standard InChI is InChI=1S/C50H84N14O12/c1-27(2)23-36-46(72)58-32(15-19-51)42(68)57-34(17-21-53)45(71)64-40(28(3)65)49(75)55-22-18-35(44(70)56-33(16-20-52)43(69)61-37(47(73)60-36)24-30-11-7-5-8-12-30)59-48(74)38(26-54)62-50(76)41(29(4)66)63-39(67)25-31-13-9-6-10-14-31/h5,7-8,11-12,27-29,31-38,40-41,65-66H,6,9-10,13-26,51-54H2,1-4H3,(H,55,75)(H,56,70)(H,57,68)(H,58,72)(H,59,74)(H,60,73)(H,61,69)(H,62,76)(H,63,67)(H,64,71)/t28?,29?,32-,33-,34-,35-,36-,37+,38-,40-,41-/m0/s1. The van der Waals surface area contributed by atoms with Crippen molar-refractivity contribution in [1.82, 2.24) is 53.2 Å². The zero-order valence-electron chi connectivity index (χ0n) is 44.2. The number of hydrogen-bond donors (Lipinski definition) is 16. The predicted molar refractivity (Wildman–Crippen MR) is 279 cm³/mol. The number of benzene rings is 1. The van der Waals surface area contributed by atoms with E-state index in [9.17, 15) is 58.2 Å². The minimum absolute atomic E-state index is 0.0628. The number of nitrogens with one attached hydrogen (secondary N) is 10. The number of carbonyl (C=O) groups excluding carboxylic acids is 10. The molecule has 3 rings (SSSR count). The molecule has 1 aromatic carbocycles. The van der Waals surface area contributed by atoms with Crippen LogP contribution in [0.25, 0.3) is 0 Å². The van der Waals surface area contributed by atoms with Crippen molar-refractivity contribution >= 4 is 59.1 Å². The van der Waals surface area contributed by atoms with Crippen LogP contribution in [0.1, 0.15) is 104 Å². The molecule has 0 radical (unpaired) electrons. The van der Waals surface area contributed by atoms with Gasteiger partial charge in [0.1, 0.15) is 54.4 Å². The van der Waals surface area contributed by atoms with Crippen molar-refractivity contribution in [2.75, 3.05) is 32.7 Å². The van der Waals surface area contributed by atoms with Crippen molar-refractivity contribution < 1.29 is 58.2 Å². The van der Waals surface area contributed by atoms with Crippen molar-refractivity contribution in [2.24, 2.45) is 34.8 Å². The minimum atomic E-state index is -1.66. The maximum atomic E-state index is 14.4. The molecular formula is C50H84N14O12. The predicted octanol–water partition coefficient (Wildman–Crippen LogP) is -5.10. The first-order valence-electron chi connectivity index (χ1n) is 26.3. The molecule has 1 aliphatic heterocycles. The summed E-state index contributed by atoms with van der Waals surface area (Å²) in [5, 5.41) is 46.8. The molecule has 26 nitrogen and oxygen atoms in total. The highest BCUT2D eigenvalue weighted by Crippen LogP contribution is 2.26. The summed E-state index contributed by atoms with van der Waals surface area (Å²) in [6.45, 7) is 4.72. The highest BCUT2D eigenvalue weighted by Gasteiger charge is 2.37. The third-order valence-electron chi connectivity index (χ3n) is 13.1. The zero-order valence-corrected chi connectivity index (χ0v) is 44.2. The second kappa shape index (κ2) is 33.0. The first-order chi connectivity index (χ1) is 36.1. The Kier molecular flexibility index (Phi) is 27.8. The van der Waals surface area contributed by atoms with E-state index in [1.54, 1.807) is 44.2 Å². The van der Waals surface area contributed by atoms with Gasteiger partial charge >= 0.3 is 0 Å². The summed E-state index contributed by atoms with van der Waals surface area (Å²) < 4.78 is 0. The first kappa shape index (κ1) is 64.0. The molecule has 2 unspecified atom stereocenters. The largest absolute Gasteiger partial charge is 0.391 e. The monoisotopic (exact) mass is 1070 g/mol. The molecule has 76 heavy (non-hydrogen) atoms. The van der Waals surface area contributed by atoms with Crippen LogP contribution in [-0.4, -0.2) is 169 Å². The lowest BCUT2D eigenvalue weighted by atomic mass is 9.87. The van der Waals surface area contributed by atoms with Crippen molar-refractivity contribution in [3.63, 3.8) is 0 Å². The Hall–Kier alpha value is -6.32. The molecule has 20 N–H and O–H groups in total. The lowest BCUT2D eigenvalue weighted by Gasteiger charge is -2.28. The van der Waals surface area contributed by atoms with E-state index in [4.69, 9.17) is 22.9 Å². The van der Waals surface area contributed by atoms with Gasteiger partial charge in [-0.25, -0.2) is 0 Å². The van der Waals surface area contributed by atoms with E-state index >= 15 is 0 Å². The van der Waals surface area contributed by atoms with Gasteiger partial charge in [0.05, 0.1) is 12.2 Å². The topological polar surface area (TPSA) is 436 Å². The zero-order chi connectivity index (χ0) is 56.5. The Bertz CT molecular complexity index is 2090. The van der Waals surface area contributed by atoms with E-state index in [1.165, 1.54) is 13.8 Å². The summed E-state index contributed by atoms with van der Waals surface area (Å²) in [4.78, 5) is 139. The Morgan fingerprint density at radius 2 is 1.11 bits per heavy atom. The molecule has 1 saturated carbocycles. The van der Waals surface area contributed by atoms with Crippen LogP contribution in [0.3, 0.4) is 0 Å². The SMILES string of the molecule is CC(C)C[C@@H]1NC(=O)[C@@H](Cc2ccccc2)NC(=O)[C@H](CCN)NC(=O)[C@@H](NC(=O)[C@H](CN)NC(=O)[C@@H](NC(=O)CC2CCCCC2)C(C)O)CCNC(=O)[C@H](C(C)O)NC(=O)[C@H](CCN)NC(=O)[C@H](CCN)NC1=O. The van der Waals surface area contributed by atoms with Crippen LogP contribution in [0.4, 0.5) is 0 Å². The lowest BCUT2D eigenvalue weighted by molar-refractivity contribution is -0.136. The van der Waals surface area contributed by atoms with Gasteiger partial charge in [-0.05, 0) is 95.8 Å². The van der Waals surface area contributed by atoms with E-state index in [2.05, 4.69) is 53.2 Å². The van der Waals surface area contributed by atoms with Crippen LogP contribution >= 0.6 is 0 Å². The molecule has 0 spiro atoms. The fourth-order valence-corrected chi connectivity index (χ4v) is 8.86. The lowest BCUT2D eigenvalue weighted by Crippen LogP contribution is -2.62. The molecule has 11 atom stereocenters. The molecule has 2 fully saturated rings. The molecule has 1 saturated heterocycles. The third kappa shape index (κ3) is 21.4. The van der Waals surface area contributed by atoms with Gasteiger partial charge in [0.25, 0.3) is 0 Å². The van der Waals surface area contributed by atoms with E-state index in [0.29, 0.717) is 5.56 Å². The molecule has 10 amide bonds. The highest BCUT2D eigenvalue weighted by molar-refractivity contribution is 5.99. The number of aliphatic hydroxyl groups is 2. The second-order valence-corrected chi connectivity index (χ2v) is 20.0. The summed E-state index contributed by atoms with van der Waals surface area (Å²) in [6.07, 6.45) is 0.981. The fraction of sp³-hybridized carbons (Fsp3) is 0.680. The third-order valence-corrected chi connectivity index (χ3v) is 13.1. The molecular weight excluding hydrogens is 989 g/mol. The van der Waals surface area contributed by atoms with Crippen LogP contribution in [0.2, 0.25) is 0 Å². The van der Waals surface area contributed by atoms with Gasteiger partial charge in [0, 0.05) is 25.9 Å². The number of amides is 10.